The number of pyridine rings is 1. The van der Waals surface area contributed by atoms with Crippen LogP contribution in [0.4, 0.5) is 11.4 Å². The van der Waals surface area contributed by atoms with Gasteiger partial charge >= 0.3 is 0 Å². The maximum absolute atomic E-state index is 12.3. The maximum Gasteiger partial charge on any atom is 0.255 e. The average molecular weight is 313 g/mol. The van der Waals surface area contributed by atoms with E-state index in [9.17, 15) is 9.59 Å². The Bertz CT molecular complexity index is 733. The number of amides is 1. The monoisotopic (exact) mass is 313 g/mol. The fourth-order valence-corrected chi connectivity index (χ4v) is 2.52. The highest BCUT2D eigenvalue weighted by molar-refractivity contribution is 6.04. The molecule has 0 radical (unpaired) electrons. The van der Waals surface area contributed by atoms with E-state index in [2.05, 4.69) is 31.0 Å². The number of nitrogens with zero attached hydrogens (tertiary/aromatic N) is 2. The van der Waals surface area contributed by atoms with E-state index in [0.29, 0.717) is 17.3 Å². The van der Waals surface area contributed by atoms with Crippen molar-refractivity contribution >= 4 is 17.3 Å². The van der Waals surface area contributed by atoms with Crippen molar-refractivity contribution in [1.82, 2.24) is 4.57 Å². The molecule has 1 amide bonds. The number of anilines is 2. The minimum atomic E-state index is -0.192. The fourth-order valence-electron chi connectivity index (χ4n) is 2.52. The zero-order valence-electron chi connectivity index (χ0n) is 14.0. The summed E-state index contributed by atoms with van der Waals surface area (Å²) in [6.07, 6.45) is 1.60. The predicted molar refractivity (Wildman–Crippen MR) is 94.2 cm³/mol. The molecule has 0 saturated heterocycles. The number of carbonyl (C=O) groups is 1. The van der Waals surface area contributed by atoms with Crippen LogP contribution in [0.3, 0.4) is 0 Å². The van der Waals surface area contributed by atoms with Crippen molar-refractivity contribution in [3.8, 4) is 0 Å². The lowest BCUT2D eigenvalue weighted by Gasteiger charge is -2.27. The van der Waals surface area contributed by atoms with Gasteiger partial charge in [0.05, 0.1) is 5.69 Å². The van der Waals surface area contributed by atoms with Gasteiger partial charge in [0, 0.05) is 43.1 Å². The van der Waals surface area contributed by atoms with Crippen molar-refractivity contribution in [3.05, 3.63) is 58.5 Å². The standard InChI is InChI=1S/C18H23N3O2/c1-5-21(13(2)3)16-9-6-14(7-10-16)18(23)19-15-8-11-17(22)20(4)12-15/h6-13H,5H2,1-4H3,(H,19,23). The molecule has 122 valence electrons. The van der Waals surface area contributed by atoms with Gasteiger partial charge in [-0.15, -0.1) is 0 Å². The highest BCUT2D eigenvalue weighted by atomic mass is 16.1. The van der Waals surface area contributed by atoms with Gasteiger partial charge in [0.1, 0.15) is 0 Å². The molecule has 1 aromatic carbocycles. The fraction of sp³-hybridized carbons (Fsp3) is 0.333. The zero-order valence-corrected chi connectivity index (χ0v) is 14.0. The molecule has 0 spiro atoms. The SMILES string of the molecule is CCN(c1ccc(C(=O)Nc2ccc(=O)n(C)c2)cc1)C(C)C. The topological polar surface area (TPSA) is 54.3 Å². The van der Waals surface area contributed by atoms with Crippen molar-refractivity contribution in [3.63, 3.8) is 0 Å². The van der Waals surface area contributed by atoms with E-state index in [0.717, 1.165) is 12.2 Å². The molecule has 5 nitrogen and oxygen atoms in total. The van der Waals surface area contributed by atoms with E-state index >= 15 is 0 Å². The van der Waals surface area contributed by atoms with Gasteiger partial charge in [-0.1, -0.05) is 0 Å². The van der Waals surface area contributed by atoms with Crippen molar-refractivity contribution in [2.45, 2.75) is 26.8 Å². The van der Waals surface area contributed by atoms with Crippen LogP contribution >= 0.6 is 0 Å². The summed E-state index contributed by atoms with van der Waals surface area (Å²) < 4.78 is 1.43. The van der Waals surface area contributed by atoms with Crippen LogP contribution in [0, 0.1) is 0 Å². The quantitative estimate of drug-likeness (QED) is 0.923. The van der Waals surface area contributed by atoms with Crippen LogP contribution in [-0.4, -0.2) is 23.1 Å². The Hall–Kier alpha value is -2.56. The first-order valence-corrected chi connectivity index (χ1v) is 7.77. The highest BCUT2D eigenvalue weighted by Gasteiger charge is 2.10. The lowest BCUT2D eigenvalue weighted by atomic mass is 10.1. The number of aromatic nitrogens is 1. The second kappa shape index (κ2) is 7.13. The molecule has 0 saturated carbocycles. The van der Waals surface area contributed by atoms with Gasteiger partial charge in [0.2, 0.25) is 5.56 Å². The molecule has 0 aliphatic carbocycles. The Kier molecular flexibility index (Phi) is 5.21. The maximum atomic E-state index is 12.3. The molecule has 1 heterocycles. The van der Waals surface area contributed by atoms with E-state index in [4.69, 9.17) is 0 Å². The smallest absolute Gasteiger partial charge is 0.255 e. The lowest BCUT2D eigenvalue weighted by molar-refractivity contribution is 0.102. The van der Waals surface area contributed by atoms with Crippen LogP contribution in [0.1, 0.15) is 31.1 Å². The number of nitrogens with one attached hydrogen (secondary N) is 1. The molecule has 0 atom stereocenters. The van der Waals surface area contributed by atoms with Crippen molar-refractivity contribution in [1.29, 1.82) is 0 Å². The van der Waals surface area contributed by atoms with Crippen LogP contribution in [0.15, 0.2) is 47.4 Å². The first-order chi connectivity index (χ1) is 10.9. The summed E-state index contributed by atoms with van der Waals surface area (Å²) in [6.45, 7) is 7.31. The summed E-state index contributed by atoms with van der Waals surface area (Å²) in [5.74, 6) is -0.192. The van der Waals surface area contributed by atoms with Gasteiger partial charge in [0.25, 0.3) is 5.91 Å². The van der Waals surface area contributed by atoms with Gasteiger partial charge < -0.3 is 14.8 Å². The molecule has 0 unspecified atom stereocenters. The van der Waals surface area contributed by atoms with Gasteiger partial charge in [-0.3, -0.25) is 9.59 Å². The molecule has 23 heavy (non-hydrogen) atoms. The van der Waals surface area contributed by atoms with Gasteiger partial charge in [-0.2, -0.15) is 0 Å². The summed E-state index contributed by atoms with van der Waals surface area (Å²) in [7, 11) is 1.65. The lowest BCUT2D eigenvalue weighted by Crippen LogP contribution is -2.30. The molecule has 0 aliphatic rings. The van der Waals surface area contributed by atoms with Crippen molar-refractivity contribution in [2.24, 2.45) is 7.05 Å². The van der Waals surface area contributed by atoms with E-state index in [1.807, 2.05) is 24.3 Å². The van der Waals surface area contributed by atoms with Crippen LogP contribution in [0.2, 0.25) is 0 Å². The number of benzene rings is 1. The second-order valence-corrected chi connectivity index (χ2v) is 5.75. The van der Waals surface area contributed by atoms with Gasteiger partial charge in [-0.25, -0.2) is 0 Å². The normalized spacial score (nSPS) is 10.7. The van der Waals surface area contributed by atoms with Crippen molar-refractivity contribution in [2.75, 3.05) is 16.8 Å². The van der Waals surface area contributed by atoms with Crippen LogP contribution in [0.25, 0.3) is 0 Å². The Morgan fingerprint density at radius 1 is 1.17 bits per heavy atom. The number of hydrogen-bond donors (Lipinski definition) is 1. The second-order valence-electron chi connectivity index (χ2n) is 5.75. The van der Waals surface area contributed by atoms with Crippen LogP contribution in [0.5, 0.6) is 0 Å². The number of rotatable bonds is 5. The minimum absolute atomic E-state index is 0.110. The first kappa shape index (κ1) is 16.8. The summed E-state index contributed by atoms with van der Waals surface area (Å²) in [5, 5.41) is 2.80. The van der Waals surface area contributed by atoms with E-state index in [-0.39, 0.29) is 11.5 Å². The Balaban J connectivity index is 2.13. The molecular formula is C18H23N3O2. The molecule has 0 fully saturated rings. The average Bonchev–Trinajstić information content (AvgIpc) is 2.52. The third kappa shape index (κ3) is 4.00. The third-order valence-electron chi connectivity index (χ3n) is 3.77. The number of aryl methyl sites for hydroxylation is 1. The van der Waals surface area contributed by atoms with E-state index < -0.39 is 0 Å². The highest BCUT2D eigenvalue weighted by Crippen LogP contribution is 2.18. The number of hydrogen-bond acceptors (Lipinski definition) is 3. The minimum Gasteiger partial charge on any atom is -0.369 e. The van der Waals surface area contributed by atoms with Crippen LogP contribution in [-0.2, 0) is 7.05 Å². The molecule has 0 bridgehead atoms. The Morgan fingerprint density at radius 2 is 1.83 bits per heavy atom. The summed E-state index contributed by atoms with van der Waals surface area (Å²) in [5.41, 5.74) is 2.17. The van der Waals surface area contributed by atoms with E-state index in [1.165, 1.54) is 10.6 Å². The number of carbonyl (C=O) groups excluding carboxylic acids is 1. The third-order valence-corrected chi connectivity index (χ3v) is 3.77. The van der Waals surface area contributed by atoms with Gasteiger partial charge in [-0.05, 0) is 51.1 Å². The molecule has 2 aromatic rings. The van der Waals surface area contributed by atoms with Crippen molar-refractivity contribution < 1.29 is 4.79 Å². The molecule has 2 rings (SSSR count). The predicted octanol–water partition coefficient (Wildman–Crippen LogP) is 2.87. The molecule has 1 aromatic heterocycles. The van der Waals surface area contributed by atoms with Crippen LogP contribution < -0.4 is 15.8 Å². The molecule has 1 N–H and O–H groups in total. The summed E-state index contributed by atoms with van der Waals surface area (Å²) in [4.78, 5) is 25.9. The van der Waals surface area contributed by atoms with E-state index in [1.54, 1.807) is 19.3 Å². The Morgan fingerprint density at radius 3 is 2.35 bits per heavy atom. The molecular weight excluding hydrogens is 290 g/mol. The molecule has 0 aliphatic heterocycles. The molecule has 5 heteroatoms. The summed E-state index contributed by atoms with van der Waals surface area (Å²) >= 11 is 0. The Labute approximate surface area is 136 Å². The zero-order chi connectivity index (χ0) is 17.0. The first-order valence-electron chi connectivity index (χ1n) is 7.77. The largest absolute Gasteiger partial charge is 0.369 e. The summed E-state index contributed by atoms with van der Waals surface area (Å²) in [6, 6.07) is 11.0. The van der Waals surface area contributed by atoms with Gasteiger partial charge in [0.15, 0.2) is 0 Å².